The predicted molar refractivity (Wildman–Crippen MR) is 59.5 cm³/mol. The molecule has 0 aliphatic carbocycles. The Bertz CT molecular complexity index is 262. The van der Waals surface area contributed by atoms with Gasteiger partial charge in [0.15, 0.2) is 0 Å². The summed E-state index contributed by atoms with van der Waals surface area (Å²) in [4.78, 5) is 0. The Hall–Kier alpha value is -0.780. The molecule has 0 aliphatic heterocycles. The van der Waals surface area contributed by atoms with E-state index in [1.54, 1.807) is 4.68 Å². The second-order valence-corrected chi connectivity index (χ2v) is 4.55. The second-order valence-electron chi connectivity index (χ2n) is 3.16. The molecule has 0 aliphatic rings. The lowest BCUT2D eigenvalue weighted by atomic mass is 10.3. The lowest BCUT2D eigenvalue weighted by molar-refractivity contribution is 0.695. The summed E-state index contributed by atoms with van der Waals surface area (Å²) >= 11 is 1.95. The first-order chi connectivity index (χ1) is 6.74. The highest BCUT2D eigenvalue weighted by atomic mass is 32.2. The van der Waals surface area contributed by atoms with E-state index >= 15 is 0 Å². The summed E-state index contributed by atoms with van der Waals surface area (Å²) in [5.41, 5.74) is 0. The van der Waals surface area contributed by atoms with Gasteiger partial charge in [0.05, 0.1) is 0 Å². The molecular formula is C8H17N5S. The highest BCUT2D eigenvalue weighted by Crippen LogP contribution is 2.07. The van der Waals surface area contributed by atoms with Gasteiger partial charge in [0.1, 0.15) is 0 Å². The molecule has 1 rings (SSSR count). The summed E-state index contributed by atoms with van der Waals surface area (Å²) in [5.74, 6) is 3.09. The Balaban J connectivity index is 2.27. The van der Waals surface area contributed by atoms with Gasteiger partial charge in [-0.15, -0.1) is 0 Å². The molecule has 1 aromatic rings. The second kappa shape index (κ2) is 5.85. The molecule has 0 fully saturated rings. The number of aromatic nitrogens is 4. The zero-order valence-electron chi connectivity index (χ0n) is 8.90. The molecule has 0 saturated heterocycles. The number of thioether (sulfide) groups is 1. The first-order valence-electron chi connectivity index (χ1n) is 4.80. The van der Waals surface area contributed by atoms with Crippen molar-refractivity contribution >= 4 is 17.7 Å². The average molecular weight is 215 g/mol. The zero-order valence-corrected chi connectivity index (χ0v) is 9.71. The molecule has 5 nitrogen and oxygen atoms in total. The van der Waals surface area contributed by atoms with Gasteiger partial charge in [-0.05, 0) is 35.3 Å². The third kappa shape index (κ3) is 3.53. The molecule has 0 bridgehead atoms. The van der Waals surface area contributed by atoms with Crippen molar-refractivity contribution in [3.05, 3.63) is 0 Å². The molecule has 1 aromatic heterocycles. The maximum absolute atomic E-state index is 3.87. The van der Waals surface area contributed by atoms with Crippen molar-refractivity contribution in [1.29, 1.82) is 0 Å². The molecule has 0 spiro atoms. The van der Waals surface area contributed by atoms with Gasteiger partial charge in [0, 0.05) is 13.1 Å². The Morgan fingerprint density at radius 3 is 2.93 bits per heavy atom. The van der Waals surface area contributed by atoms with E-state index in [1.807, 2.05) is 18.8 Å². The van der Waals surface area contributed by atoms with E-state index in [9.17, 15) is 0 Å². The van der Waals surface area contributed by atoms with E-state index in [1.165, 1.54) is 11.5 Å². The summed E-state index contributed by atoms with van der Waals surface area (Å²) in [6.45, 7) is 4.32. The van der Waals surface area contributed by atoms with Crippen molar-refractivity contribution in [2.45, 2.75) is 26.3 Å². The standard InChI is InChI=1S/C8H17N5S/c1-4-14-6-5-7(2)9-8-10-11-12-13(8)3/h7H,4-6H2,1-3H3,(H,9,10,12). The molecule has 0 aromatic carbocycles. The molecule has 6 heteroatoms. The number of aryl methyl sites for hydroxylation is 1. The molecule has 0 saturated carbocycles. The fraction of sp³-hybridized carbons (Fsp3) is 0.875. The number of rotatable bonds is 6. The maximum atomic E-state index is 3.87. The molecular weight excluding hydrogens is 198 g/mol. The van der Waals surface area contributed by atoms with Gasteiger partial charge in [0.2, 0.25) is 5.95 Å². The fourth-order valence-corrected chi connectivity index (χ4v) is 1.86. The van der Waals surface area contributed by atoms with Crippen LogP contribution in [0, 0.1) is 0 Å². The summed E-state index contributed by atoms with van der Waals surface area (Å²) in [7, 11) is 1.83. The first-order valence-corrected chi connectivity index (χ1v) is 5.96. The van der Waals surface area contributed by atoms with E-state index < -0.39 is 0 Å². The van der Waals surface area contributed by atoms with Gasteiger partial charge >= 0.3 is 0 Å². The third-order valence-corrected chi connectivity index (χ3v) is 2.83. The Kier molecular flexibility index (Phi) is 4.72. The van der Waals surface area contributed by atoms with Crippen LogP contribution in [0.25, 0.3) is 0 Å². The molecule has 1 unspecified atom stereocenters. The minimum Gasteiger partial charge on any atom is -0.351 e. The van der Waals surface area contributed by atoms with Crippen LogP contribution >= 0.6 is 11.8 Å². The molecule has 1 N–H and O–H groups in total. The molecule has 14 heavy (non-hydrogen) atoms. The highest BCUT2D eigenvalue weighted by Gasteiger charge is 2.06. The molecule has 0 radical (unpaired) electrons. The largest absolute Gasteiger partial charge is 0.351 e. The SMILES string of the molecule is CCSCCC(C)Nc1nnnn1C. The van der Waals surface area contributed by atoms with Crippen molar-refractivity contribution in [3.63, 3.8) is 0 Å². The number of hydrogen-bond donors (Lipinski definition) is 1. The number of nitrogens with zero attached hydrogens (tertiary/aromatic N) is 4. The number of tetrazole rings is 1. The van der Waals surface area contributed by atoms with Crippen LogP contribution in [-0.2, 0) is 7.05 Å². The quantitative estimate of drug-likeness (QED) is 0.721. The fourth-order valence-electron chi connectivity index (χ4n) is 1.05. The average Bonchev–Trinajstić information content (AvgIpc) is 2.52. The minimum absolute atomic E-state index is 0.416. The van der Waals surface area contributed by atoms with Crippen molar-refractivity contribution in [1.82, 2.24) is 20.2 Å². The third-order valence-electron chi connectivity index (χ3n) is 1.89. The summed E-state index contributed by atoms with van der Waals surface area (Å²) in [6, 6.07) is 0.416. The lowest BCUT2D eigenvalue weighted by Crippen LogP contribution is -2.18. The van der Waals surface area contributed by atoms with E-state index in [-0.39, 0.29) is 0 Å². The monoisotopic (exact) mass is 215 g/mol. The van der Waals surface area contributed by atoms with E-state index in [4.69, 9.17) is 0 Å². The van der Waals surface area contributed by atoms with Crippen LogP contribution in [0.2, 0.25) is 0 Å². The summed E-state index contributed by atoms with van der Waals surface area (Å²) in [5, 5.41) is 14.5. The van der Waals surface area contributed by atoms with Crippen LogP contribution in [0.4, 0.5) is 5.95 Å². The smallest absolute Gasteiger partial charge is 0.242 e. The van der Waals surface area contributed by atoms with Gasteiger partial charge in [-0.3, -0.25) is 0 Å². The first kappa shape index (κ1) is 11.3. The van der Waals surface area contributed by atoms with Gasteiger partial charge in [-0.1, -0.05) is 12.0 Å². The van der Waals surface area contributed by atoms with Crippen molar-refractivity contribution in [3.8, 4) is 0 Å². The van der Waals surface area contributed by atoms with Crippen LogP contribution in [0.15, 0.2) is 0 Å². The van der Waals surface area contributed by atoms with Gasteiger partial charge in [0.25, 0.3) is 0 Å². The zero-order chi connectivity index (χ0) is 10.4. The summed E-state index contributed by atoms with van der Waals surface area (Å²) < 4.78 is 1.64. The van der Waals surface area contributed by atoms with Gasteiger partial charge < -0.3 is 5.32 Å². The van der Waals surface area contributed by atoms with Crippen molar-refractivity contribution in [2.75, 3.05) is 16.8 Å². The van der Waals surface area contributed by atoms with Crippen molar-refractivity contribution < 1.29 is 0 Å². The predicted octanol–water partition coefficient (Wildman–Crippen LogP) is 1.15. The minimum atomic E-state index is 0.416. The van der Waals surface area contributed by atoms with Crippen LogP contribution < -0.4 is 5.32 Å². The molecule has 80 valence electrons. The molecule has 1 heterocycles. The maximum Gasteiger partial charge on any atom is 0.242 e. The van der Waals surface area contributed by atoms with Crippen LogP contribution in [-0.4, -0.2) is 37.8 Å². The Morgan fingerprint density at radius 1 is 1.57 bits per heavy atom. The highest BCUT2D eigenvalue weighted by molar-refractivity contribution is 7.99. The Morgan fingerprint density at radius 2 is 2.36 bits per heavy atom. The van der Waals surface area contributed by atoms with Crippen LogP contribution in [0.1, 0.15) is 20.3 Å². The lowest BCUT2D eigenvalue weighted by Gasteiger charge is -2.12. The number of nitrogens with one attached hydrogen (secondary N) is 1. The van der Waals surface area contributed by atoms with Gasteiger partial charge in [-0.25, -0.2) is 4.68 Å². The summed E-state index contributed by atoms with van der Waals surface area (Å²) in [6.07, 6.45) is 1.13. The van der Waals surface area contributed by atoms with E-state index in [2.05, 4.69) is 34.7 Å². The number of hydrogen-bond acceptors (Lipinski definition) is 5. The topological polar surface area (TPSA) is 55.6 Å². The van der Waals surface area contributed by atoms with Gasteiger partial charge in [-0.2, -0.15) is 11.8 Å². The number of anilines is 1. The normalized spacial score (nSPS) is 12.8. The van der Waals surface area contributed by atoms with E-state index in [0.29, 0.717) is 6.04 Å². The Labute approximate surface area is 88.6 Å². The van der Waals surface area contributed by atoms with Crippen LogP contribution in [0.5, 0.6) is 0 Å². The van der Waals surface area contributed by atoms with Crippen LogP contribution in [0.3, 0.4) is 0 Å². The molecule has 0 amide bonds. The molecule has 1 atom stereocenters. The van der Waals surface area contributed by atoms with E-state index in [0.717, 1.165) is 12.4 Å². The van der Waals surface area contributed by atoms with Crippen molar-refractivity contribution in [2.24, 2.45) is 7.05 Å².